The zero-order valence-electron chi connectivity index (χ0n) is 23.4. The van der Waals surface area contributed by atoms with E-state index in [1.54, 1.807) is 19.1 Å². The van der Waals surface area contributed by atoms with Gasteiger partial charge >= 0.3 is 5.97 Å². The number of nitro groups is 2. The van der Waals surface area contributed by atoms with Crippen molar-refractivity contribution in [1.82, 2.24) is 9.80 Å². The molecule has 3 aliphatic rings. The van der Waals surface area contributed by atoms with Crippen LogP contribution in [-0.2, 0) is 15.3 Å². The first kappa shape index (κ1) is 32.0. The second kappa shape index (κ2) is 12.9. The molecule has 2 aromatic carbocycles. The van der Waals surface area contributed by atoms with Crippen molar-refractivity contribution < 1.29 is 34.4 Å². The minimum absolute atomic E-state index is 0.0505. The summed E-state index contributed by atoms with van der Waals surface area (Å²) in [4.78, 5) is 63.0. The summed E-state index contributed by atoms with van der Waals surface area (Å²) in [6.07, 6.45) is 0.0235. The number of aliphatic hydroxyl groups excluding tert-OH is 1. The maximum Gasteiger partial charge on any atom is 0.354 e. The van der Waals surface area contributed by atoms with E-state index in [2.05, 4.69) is 0 Å². The highest BCUT2D eigenvalue weighted by Gasteiger charge is 2.67. The number of nitro benzene ring substituents is 2. The Kier molecular flexibility index (Phi) is 9.36. The molecule has 3 heterocycles. The molecule has 13 nitrogen and oxygen atoms in total. The Labute approximate surface area is 264 Å². The van der Waals surface area contributed by atoms with Gasteiger partial charge in [-0.25, -0.2) is 4.79 Å². The SMILES string of the molecule is CC(O)C[C@@H]1C(=O)N2C(C(=O)O)=C(SC3CCN(CC(=O)c4cccc([N+](=O)[O-])c4)C3)S[C@]12SCc1ccc([N+](=O)[O-])cc1. The average molecular weight is 661 g/mol. The van der Waals surface area contributed by atoms with Gasteiger partial charge in [-0.2, -0.15) is 0 Å². The summed E-state index contributed by atoms with van der Waals surface area (Å²) >= 11 is 4.01. The third kappa shape index (κ3) is 6.35. The van der Waals surface area contributed by atoms with E-state index in [9.17, 15) is 44.8 Å². The van der Waals surface area contributed by atoms with Gasteiger partial charge in [-0.1, -0.05) is 36.0 Å². The van der Waals surface area contributed by atoms with Crippen molar-refractivity contribution in [3.05, 3.63) is 89.8 Å². The molecule has 2 fully saturated rings. The lowest BCUT2D eigenvalue weighted by molar-refractivity contribution is -0.385. The minimum Gasteiger partial charge on any atom is -0.477 e. The van der Waals surface area contributed by atoms with Crippen LogP contribution < -0.4 is 0 Å². The number of carboxylic acids is 1. The van der Waals surface area contributed by atoms with Crippen LogP contribution >= 0.6 is 35.3 Å². The fourth-order valence-electron chi connectivity index (χ4n) is 5.43. The van der Waals surface area contributed by atoms with Crippen molar-refractivity contribution >= 4 is 64.3 Å². The summed E-state index contributed by atoms with van der Waals surface area (Å²) in [5, 5.41) is 42.4. The molecule has 2 saturated heterocycles. The molecule has 2 aromatic rings. The van der Waals surface area contributed by atoms with Crippen LogP contribution in [0.2, 0.25) is 0 Å². The molecule has 4 atom stereocenters. The van der Waals surface area contributed by atoms with Gasteiger partial charge in [0, 0.05) is 47.4 Å². The number of ketones is 1. The summed E-state index contributed by atoms with van der Waals surface area (Å²) in [5.41, 5.74) is 0.699. The smallest absolute Gasteiger partial charge is 0.354 e. The Morgan fingerprint density at radius 2 is 1.84 bits per heavy atom. The van der Waals surface area contributed by atoms with Crippen molar-refractivity contribution in [3.8, 4) is 0 Å². The van der Waals surface area contributed by atoms with Gasteiger partial charge in [-0.05, 0) is 31.9 Å². The van der Waals surface area contributed by atoms with Gasteiger partial charge < -0.3 is 10.2 Å². The van der Waals surface area contributed by atoms with E-state index in [0.717, 1.165) is 5.56 Å². The van der Waals surface area contributed by atoms with Gasteiger partial charge in [-0.15, -0.1) is 23.5 Å². The molecule has 0 bridgehead atoms. The number of aliphatic hydroxyl groups is 1. The molecule has 1 amide bonds. The zero-order chi connectivity index (χ0) is 31.8. The second-order valence-corrected chi connectivity index (χ2v) is 15.0. The highest BCUT2D eigenvalue weighted by Crippen LogP contribution is 2.67. The van der Waals surface area contributed by atoms with E-state index < -0.39 is 32.0 Å². The van der Waals surface area contributed by atoms with E-state index in [0.29, 0.717) is 29.5 Å². The minimum atomic E-state index is -1.24. The predicted molar refractivity (Wildman–Crippen MR) is 166 cm³/mol. The fourth-order valence-corrected chi connectivity index (χ4v) is 10.8. The molecule has 232 valence electrons. The van der Waals surface area contributed by atoms with Crippen molar-refractivity contribution in [1.29, 1.82) is 0 Å². The van der Waals surface area contributed by atoms with Crippen molar-refractivity contribution in [2.24, 2.45) is 5.92 Å². The van der Waals surface area contributed by atoms with Crippen LogP contribution in [-0.4, -0.2) is 82.7 Å². The number of carbonyl (C=O) groups is 3. The molecule has 0 aliphatic carbocycles. The van der Waals surface area contributed by atoms with Crippen molar-refractivity contribution in [3.63, 3.8) is 0 Å². The number of amides is 1. The number of benzene rings is 2. The first-order chi connectivity index (χ1) is 20.9. The van der Waals surface area contributed by atoms with Gasteiger partial charge in [0.25, 0.3) is 11.4 Å². The molecular formula is C28H28N4O9S3. The summed E-state index contributed by atoms with van der Waals surface area (Å²) in [6, 6.07) is 11.6. The zero-order valence-corrected chi connectivity index (χ0v) is 25.8. The lowest BCUT2D eigenvalue weighted by Crippen LogP contribution is -2.65. The van der Waals surface area contributed by atoms with Crippen LogP contribution in [0.3, 0.4) is 0 Å². The Balaban J connectivity index is 1.30. The first-order valence-corrected chi connectivity index (χ1v) is 16.3. The van der Waals surface area contributed by atoms with E-state index in [1.807, 2.05) is 4.90 Å². The van der Waals surface area contributed by atoms with Gasteiger partial charge in [0.05, 0.1) is 32.7 Å². The second-order valence-electron chi connectivity index (χ2n) is 10.7. The summed E-state index contributed by atoms with van der Waals surface area (Å²) in [5.74, 6) is -2.16. The lowest BCUT2D eigenvalue weighted by atomic mass is 9.91. The molecule has 2 N–H and O–H groups in total. The van der Waals surface area contributed by atoms with Crippen LogP contribution in [0.1, 0.15) is 35.7 Å². The van der Waals surface area contributed by atoms with E-state index in [1.165, 1.54) is 76.6 Å². The van der Waals surface area contributed by atoms with Gasteiger partial charge in [0.15, 0.2) is 15.7 Å². The number of fused-ring (bicyclic) bond motifs is 1. The Morgan fingerprint density at radius 3 is 2.48 bits per heavy atom. The number of Topliss-reactive ketones (excluding diaryl/α,β-unsaturated/α-hetero) is 1. The number of likely N-dealkylation sites (tertiary alicyclic amines) is 1. The number of non-ortho nitro benzene ring substituents is 2. The number of hydrogen-bond donors (Lipinski definition) is 2. The normalized spacial score (nSPS) is 23.8. The molecule has 44 heavy (non-hydrogen) atoms. The molecule has 0 spiro atoms. The average Bonchev–Trinajstić information content (AvgIpc) is 3.55. The van der Waals surface area contributed by atoms with Crippen LogP contribution in [0.15, 0.2) is 58.5 Å². The van der Waals surface area contributed by atoms with Crippen LogP contribution in [0.25, 0.3) is 0 Å². The summed E-state index contributed by atoms with van der Waals surface area (Å²) in [6.45, 7) is 2.70. The lowest BCUT2D eigenvalue weighted by Gasteiger charge is -2.53. The number of carbonyl (C=O) groups excluding carboxylic acids is 2. The Hall–Kier alpha value is -3.44. The van der Waals surface area contributed by atoms with E-state index >= 15 is 0 Å². The highest BCUT2D eigenvalue weighted by molar-refractivity contribution is 8.29. The number of hydrogen-bond acceptors (Lipinski definition) is 12. The van der Waals surface area contributed by atoms with Crippen molar-refractivity contribution in [2.75, 3.05) is 19.6 Å². The molecule has 2 unspecified atom stereocenters. The highest BCUT2D eigenvalue weighted by atomic mass is 32.2. The number of carboxylic acid groups (broad SMARTS) is 1. The molecule has 16 heteroatoms. The number of β-lactam (4-membered cyclic amide) rings is 1. The fraction of sp³-hybridized carbons (Fsp3) is 0.393. The topological polar surface area (TPSA) is 184 Å². The van der Waals surface area contributed by atoms with Crippen LogP contribution in [0.5, 0.6) is 0 Å². The third-order valence-corrected chi connectivity index (χ3v) is 12.3. The summed E-state index contributed by atoms with van der Waals surface area (Å²) < 4.78 is -0.519. The van der Waals surface area contributed by atoms with Crippen LogP contribution in [0, 0.1) is 26.1 Å². The standard InChI is InChI=1S/C28H28N4O9S3/c1-16(33)11-22-25(35)30-24(26(36)37)27(44-28(22,30)42-15-17-5-7-19(8-6-17)31(38)39)43-21-9-10-29(13-21)14-23(34)18-3-2-4-20(12-18)32(40)41/h2-8,12,16,21-22,33H,9-11,13-15H2,1H3,(H,36,37)/t16?,21?,22-,28-/m1/s1. The van der Waals surface area contributed by atoms with Crippen LogP contribution in [0.4, 0.5) is 11.4 Å². The Morgan fingerprint density at radius 1 is 1.14 bits per heavy atom. The molecule has 3 aliphatic heterocycles. The maximum absolute atomic E-state index is 13.3. The molecule has 5 rings (SSSR count). The van der Waals surface area contributed by atoms with Gasteiger partial charge in [-0.3, -0.25) is 39.6 Å². The number of aliphatic carboxylic acids is 1. The van der Waals surface area contributed by atoms with E-state index in [4.69, 9.17) is 0 Å². The summed E-state index contributed by atoms with van der Waals surface area (Å²) in [7, 11) is 0. The van der Waals surface area contributed by atoms with Crippen molar-refractivity contribution in [2.45, 2.75) is 41.1 Å². The predicted octanol–water partition coefficient (Wildman–Crippen LogP) is 4.31. The van der Waals surface area contributed by atoms with Gasteiger partial charge in [0.2, 0.25) is 5.91 Å². The quantitative estimate of drug-likeness (QED) is 0.134. The monoisotopic (exact) mass is 660 g/mol. The molecule has 0 aromatic heterocycles. The first-order valence-electron chi connectivity index (χ1n) is 13.6. The molecule has 0 saturated carbocycles. The number of nitrogens with zero attached hydrogens (tertiary/aromatic N) is 4. The number of rotatable bonds is 13. The van der Waals surface area contributed by atoms with Gasteiger partial charge in [0.1, 0.15) is 0 Å². The molecular weight excluding hydrogens is 633 g/mol. The largest absolute Gasteiger partial charge is 0.477 e. The Bertz CT molecular complexity index is 1550. The maximum atomic E-state index is 13.3. The third-order valence-electron chi connectivity index (χ3n) is 7.55. The molecule has 0 radical (unpaired) electrons. The number of thioether (sulfide) groups is 3. The van der Waals surface area contributed by atoms with E-state index in [-0.39, 0.29) is 52.5 Å².